The van der Waals surface area contributed by atoms with Crippen molar-refractivity contribution < 1.29 is 14.0 Å². The summed E-state index contributed by atoms with van der Waals surface area (Å²) in [6.07, 6.45) is 5.53. The van der Waals surface area contributed by atoms with Gasteiger partial charge in [-0.05, 0) is 31.9 Å². The van der Waals surface area contributed by atoms with Gasteiger partial charge in [-0.3, -0.25) is 9.69 Å². The molecule has 2 heterocycles. The summed E-state index contributed by atoms with van der Waals surface area (Å²) in [5, 5.41) is 11.0. The highest BCUT2D eigenvalue weighted by molar-refractivity contribution is 6.06. The smallest absolute Gasteiger partial charge is 0.325 e. The molecular weight excluding hydrogens is 332 g/mol. The average Bonchev–Trinajstić information content (AvgIpc) is 3.08. The van der Waals surface area contributed by atoms with Crippen LogP contribution in [0.3, 0.4) is 0 Å². The molecule has 0 radical (unpaired) electrons. The first-order valence-corrected chi connectivity index (χ1v) is 9.11. The van der Waals surface area contributed by atoms with Gasteiger partial charge in [0.05, 0.1) is 0 Å². The molecule has 0 bridgehead atoms. The molecule has 3 amide bonds. The van der Waals surface area contributed by atoms with E-state index in [1.165, 1.54) is 4.90 Å². The second-order valence-corrected chi connectivity index (χ2v) is 7.18. The van der Waals surface area contributed by atoms with Crippen molar-refractivity contribution in [2.45, 2.75) is 57.5 Å². The lowest BCUT2D eigenvalue weighted by molar-refractivity contribution is -0.132. The highest BCUT2D eigenvalue weighted by Gasteiger charge is 2.51. The van der Waals surface area contributed by atoms with Gasteiger partial charge in [0.25, 0.3) is 5.91 Å². The molecule has 2 aromatic rings. The van der Waals surface area contributed by atoms with E-state index >= 15 is 0 Å². The van der Waals surface area contributed by atoms with E-state index in [1.807, 2.05) is 31.2 Å². The lowest BCUT2D eigenvalue weighted by atomic mass is 9.90. The summed E-state index contributed by atoms with van der Waals surface area (Å²) in [6.45, 7) is 2.01. The molecular formula is C19H22N4O3. The zero-order chi connectivity index (χ0) is 18.1. The highest BCUT2D eigenvalue weighted by Crippen LogP contribution is 2.33. The molecule has 1 N–H and O–H groups in total. The zero-order valence-corrected chi connectivity index (χ0v) is 14.8. The van der Waals surface area contributed by atoms with E-state index < -0.39 is 5.54 Å². The molecule has 1 aliphatic carbocycles. The molecule has 136 valence electrons. The van der Waals surface area contributed by atoms with E-state index in [4.69, 9.17) is 4.42 Å². The van der Waals surface area contributed by atoms with Gasteiger partial charge in [0.2, 0.25) is 11.8 Å². The Hall–Kier alpha value is -2.70. The van der Waals surface area contributed by atoms with Crippen molar-refractivity contribution in [3.8, 4) is 11.5 Å². The number of carbonyl (C=O) groups excluding carboxylic acids is 2. The number of amides is 3. The molecule has 4 rings (SSSR count). The second kappa shape index (κ2) is 6.55. The Morgan fingerprint density at radius 2 is 1.77 bits per heavy atom. The summed E-state index contributed by atoms with van der Waals surface area (Å²) < 4.78 is 5.67. The molecule has 1 spiro atoms. The highest BCUT2D eigenvalue weighted by atomic mass is 16.4. The fourth-order valence-electron chi connectivity index (χ4n) is 3.76. The first-order chi connectivity index (χ1) is 12.6. The van der Waals surface area contributed by atoms with Crippen LogP contribution in [0.1, 0.15) is 50.0 Å². The third kappa shape index (κ3) is 2.98. The average molecular weight is 354 g/mol. The van der Waals surface area contributed by atoms with Gasteiger partial charge >= 0.3 is 6.03 Å². The normalized spacial score (nSPS) is 19.7. The van der Waals surface area contributed by atoms with Crippen LogP contribution in [0.5, 0.6) is 0 Å². The van der Waals surface area contributed by atoms with Gasteiger partial charge in [-0.25, -0.2) is 4.79 Å². The number of aromatic nitrogens is 2. The van der Waals surface area contributed by atoms with Gasteiger partial charge in [-0.1, -0.05) is 43.4 Å². The Labute approximate surface area is 151 Å². The minimum atomic E-state index is -0.743. The van der Waals surface area contributed by atoms with E-state index in [9.17, 15) is 9.59 Å². The van der Waals surface area contributed by atoms with Crippen LogP contribution in [0, 0.1) is 6.92 Å². The van der Waals surface area contributed by atoms with Crippen molar-refractivity contribution in [1.29, 1.82) is 0 Å². The Morgan fingerprint density at radius 1 is 1.08 bits per heavy atom. The molecule has 1 aromatic carbocycles. The van der Waals surface area contributed by atoms with Crippen molar-refractivity contribution in [3.05, 3.63) is 35.7 Å². The quantitative estimate of drug-likeness (QED) is 0.855. The van der Waals surface area contributed by atoms with E-state index in [-0.39, 0.29) is 24.4 Å². The molecule has 1 saturated carbocycles. The van der Waals surface area contributed by atoms with E-state index in [2.05, 4.69) is 15.5 Å². The first kappa shape index (κ1) is 16.8. The SMILES string of the molecule is Cc1ccc(-c2nnc(CN3C(=O)NC4(CCCCCC4)C3=O)o2)cc1. The Morgan fingerprint density at radius 3 is 2.46 bits per heavy atom. The number of nitrogens with zero attached hydrogens (tertiary/aromatic N) is 3. The van der Waals surface area contributed by atoms with Crippen LogP contribution in [0.2, 0.25) is 0 Å². The van der Waals surface area contributed by atoms with Crippen molar-refractivity contribution in [1.82, 2.24) is 20.4 Å². The molecule has 0 atom stereocenters. The van der Waals surface area contributed by atoms with E-state index in [0.29, 0.717) is 18.7 Å². The van der Waals surface area contributed by atoms with E-state index in [1.54, 1.807) is 0 Å². The maximum atomic E-state index is 12.9. The van der Waals surface area contributed by atoms with Crippen LogP contribution in [0.25, 0.3) is 11.5 Å². The third-order valence-corrected chi connectivity index (χ3v) is 5.26. The minimum absolute atomic E-state index is 0.00524. The number of imide groups is 1. The predicted molar refractivity (Wildman–Crippen MR) is 94.0 cm³/mol. The summed E-state index contributed by atoms with van der Waals surface area (Å²) >= 11 is 0. The Balaban J connectivity index is 1.51. The van der Waals surface area contributed by atoms with Crippen molar-refractivity contribution in [2.24, 2.45) is 0 Å². The molecule has 1 aliphatic heterocycles. The second-order valence-electron chi connectivity index (χ2n) is 7.18. The van der Waals surface area contributed by atoms with Crippen LogP contribution >= 0.6 is 0 Å². The number of hydrogen-bond donors (Lipinski definition) is 1. The van der Waals surface area contributed by atoms with Crippen LogP contribution in [0.4, 0.5) is 4.79 Å². The summed E-state index contributed by atoms with van der Waals surface area (Å²) in [7, 11) is 0. The van der Waals surface area contributed by atoms with Gasteiger partial charge in [-0.15, -0.1) is 10.2 Å². The molecule has 1 aromatic heterocycles. The van der Waals surface area contributed by atoms with Gasteiger partial charge < -0.3 is 9.73 Å². The maximum absolute atomic E-state index is 12.9. The Bertz CT molecular complexity index is 820. The van der Waals surface area contributed by atoms with Crippen LogP contribution < -0.4 is 5.32 Å². The molecule has 2 fully saturated rings. The number of rotatable bonds is 3. The van der Waals surface area contributed by atoms with Gasteiger partial charge in [0.15, 0.2) is 0 Å². The van der Waals surface area contributed by atoms with Crippen molar-refractivity contribution in [2.75, 3.05) is 0 Å². The number of carbonyl (C=O) groups is 2. The summed E-state index contributed by atoms with van der Waals surface area (Å²) in [6, 6.07) is 7.37. The number of hydrogen-bond acceptors (Lipinski definition) is 5. The van der Waals surface area contributed by atoms with Gasteiger partial charge in [-0.2, -0.15) is 0 Å². The number of urea groups is 1. The summed E-state index contributed by atoms with van der Waals surface area (Å²) in [5.74, 6) is 0.477. The lowest BCUT2D eigenvalue weighted by Gasteiger charge is -2.24. The molecule has 0 unspecified atom stereocenters. The van der Waals surface area contributed by atoms with Crippen molar-refractivity contribution in [3.63, 3.8) is 0 Å². The zero-order valence-electron chi connectivity index (χ0n) is 14.8. The standard InChI is InChI=1S/C19H22N4O3/c1-13-6-8-14(9-7-13)16-22-21-15(26-16)12-23-17(24)19(20-18(23)25)10-4-2-3-5-11-19/h6-9H,2-5,10-12H2,1H3,(H,20,25). The minimum Gasteiger partial charge on any atom is -0.419 e. The lowest BCUT2D eigenvalue weighted by Crippen LogP contribution is -2.46. The fourth-order valence-corrected chi connectivity index (χ4v) is 3.76. The van der Waals surface area contributed by atoms with Crippen LogP contribution in [-0.2, 0) is 11.3 Å². The van der Waals surface area contributed by atoms with Gasteiger partial charge in [0.1, 0.15) is 12.1 Å². The largest absolute Gasteiger partial charge is 0.419 e. The fraction of sp³-hybridized carbons (Fsp3) is 0.474. The Kier molecular flexibility index (Phi) is 4.22. The van der Waals surface area contributed by atoms with E-state index in [0.717, 1.165) is 36.8 Å². The first-order valence-electron chi connectivity index (χ1n) is 9.11. The molecule has 2 aliphatic rings. The molecule has 7 heteroatoms. The number of nitrogens with one attached hydrogen (secondary N) is 1. The maximum Gasteiger partial charge on any atom is 0.325 e. The van der Waals surface area contributed by atoms with Gasteiger partial charge in [0, 0.05) is 5.56 Å². The number of aryl methyl sites for hydroxylation is 1. The predicted octanol–water partition coefficient (Wildman–Crippen LogP) is 3.19. The van der Waals surface area contributed by atoms with Crippen LogP contribution in [-0.4, -0.2) is 32.6 Å². The third-order valence-electron chi connectivity index (χ3n) is 5.26. The summed E-state index contributed by atoms with van der Waals surface area (Å²) in [4.78, 5) is 26.5. The molecule has 1 saturated heterocycles. The molecule has 26 heavy (non-hydrogen) atoms. The van der Waals surface area contributed by atoms with Crippen molar-refractivity contribution >= 4 is 11.9 Å². The van der Waals surface area contributed by atoms with Crippen LogP contribution in [0.15, 0.2) is 28.7 Å². The molecule has 7 nitrogen and oxygen atoms in total. The topological polar surface area (TPSA) is 88.3 Å². The monoisotopic (exact) mass is 354 g/mol. The summed E-state index contributed by atoms with van der Waals surface area (Å²) in [5.41, 5.74) is 1.21. The number of benzene rings is 1.